The Hall–Kier alpha value is -0.500. The maximum absolute atomic E-state index is 6.36. The fourth-order valence-electron chi connectivity index (χ4n) is 3.07. The van der Waals surface area contributed by atoms with Crippen LogP contribution in [-0.4, -0.2) is 21.8 Å². The van der Waals surface area contributed by atoms with E-state index in [9.17, 15) is 0 Å². The molecule has 0 bridgehead atoms. The summed E-state index contributed by atoms with van der Waals surface area (Å²) in [6.45, 7) is 4.92. The smallest absolute Gasteiger partial charge is 0.189 e. The SMILES string of the molecule is CSc1nc(SCc2ccc(Cl)cc2Cl)c2c3c(sc2n1)COC(C)(C)C3. The van der Waals surface area contributed by atoms with Gasteiger partial charge in [0, 0.05) is 32.5 Å². The predicted octanol–water partition coefficient (Wildman–Crippen LogP) is 6.86. The van der Waals surface area contributed by atoms with Gasteiger partial charge in [-0.1, -0.05) is 41.0 Å². The Bertz CT molecular complexity index is 1020. The average Bonchev–Trinajstić information content (AvgIpc) is 2.97. The van der Waals surface area contributed by atoms with Crippen molar-refractivity contribution in [2.45, 2.75) is 48.4 Å². The summed E-state index contributed by atoms with van der Waals surface area (Å²) in [6, 6.07) is 5.64. The zero-order valence-corrected chi connectivity index (χ0v) is 19.1. The molecular formula is C19H18Cl2N2OS3. The lowest BCUT2D eigenvalue weighted by Gasteiger charge is -2.30. The van der Waals surface area contributed by atoms with Crippen molar-refractivity contribution in [2.24, 2.45) is 0 Å². The van der Waals surface area contributed by atoms with Crippen LogP contribution in [0.4, 0.5) is 0 Å². The van der Waals surface area contributed by atoms with Gasteiger partial charge < -0.3 is 4.74 Å². The second kappa shape index (κ2) is 7.73. The molecule has 0 saturated carbocycles. The van der Waals surface area contributed by atoms with Crippen LogP contribution in [0.3, 0.4) is 0 Å². The van der Waals surface area contributed by atoms with Gasteiger partial charge in [-0.3, -0.25) is 0 Å². The van der Waals surface area contributed by atoms with E-state index in [4.69, 9.17) is 37.9 Å². The van der Waals surface area contributed by atoms with Crippen LogP contribution in [0.25, 0.3) is 10.2 Å². The maximum Gasteiger partial charge on any atom is 0.189 e. The van der Waals surface area contributed by atoms with Crippen LogP contribution in [-0.2, 0) is 23.5 Å². The number of hydrogen-bond acceptors (Lipinski definition) is 6. The highest BCUT2D eigenvalue weighted by molar-refractivity contribution is 7.99. The van der Waals surface area contributed by atoms with Crippen LogP contribution in [0.15, 0.2) is 28.4 Å². The highest BCUT2D eigenvalue weighted by Gasteiger charge is 2.31. The molecule has 1 aromatic carbocycles. The molecule has 0 atom stereocenters. The number of benzene rings is 1. The van der Waals surface area contributed by atoms with Gasteiger partial charge in [0.15, 0.2) is 5.16 Å². The van der Waals surface area contributed by atoms with E-state index in [2.05, 4.69) is 13.8 Å². The standard InChI is InChI=1S/C19H18Cl2N2OS3/c1-19(2)7-12-14(8-24-19)27-17-15(12)16(22-18(23-17)25-3)26-9-10-4-5-11(20)6-13(10)21/h4-6H,7-9H2,1-3H3. The maximum atomic E-state index is 6.36. The van der Waals surface area contributed by atoms with Gasteiger partial charge in [-0.15, -0.1) is 23.1 Å². The van der Waals surface area contributed by atoms with Crippen molar-refractivity contribution in [1.29, 1.82) is 0 Å². The highest BCUT2D eigenvalue weighted by Crippen LogP contribution is 2.43. The number of halogens is 2. The number of nitrogens with zero attached hydrogens (tertiary/aromatic N) is 2. The first-order valence-corrected chi connectivity index (χ1v) is 12.2. The van der Waals surface area contributed by atoms with Crippen molar-refractivity contribution in [3.8, 4) is 0 Å². The number of fused-ring (bicyclic) bond motifs is 3. The van der Waals surface area contributed by atoms with E-state index < -0.39 is 0 Å². The Kier molecular flexibility index (Phi) is 5.67. The molecule has 3 heterocycles. The summed E-state index contributed by atoms with van der Waals surface area (Å²) in [7, 11) is 0. The first-order valence-electron chi connectivity index (χ1n) is 8.43. The van der Waals surface area contributed by atoms with Crippen molar-refractivity contribution < 1.29 is 4.74 Å². The molecule has 0 saturated heterocycles. The Labute approximate surface area is 181 Å². The van der Waals surface area contributed by atoms with Gasteiger partial charge in [0.05, 0.1) is 12.2 Å². The third-order valence-corrected chi connectivity index (χ3v) is 7.70. The normalized spacial score (nSPS) is 15.9. The molecule has 8 heteroatoms. The quantitative estimate of drug-likeness (QED) is 0.243. The monoisotopic (exact) mass is 456 g/mol. The van der Waals surface area contributed by atoms with E-state index in [0.717, 1.165) is 32.7 Å². The molecule has 1 aliphatic rings. The zero-order valence-electron chi connectivity index (χ0n) is 15.1. The fraction of sp³-hybridized carbons (Fsp3) is 0.368. The van der Waals surface area contributed by atoms with Crippen LogP contribution >= 0.6 is 58.1 Å². The van der Waals surface area contributed by atoms with E-state index in [-0.39, 0.29) is 5.60 Å². The van der Waals surface area contributed by atoms with E-state index >= 15 is 0 Å². The summed E-state index contributed by atoms with van der Waals surface area (Å²) in [6.07, 6.45) is 2.88. The number of ether oxygens (including phenoxy) is 1. The summed E-state index contributed by atoms with van der Waals surface area (Å²) in [4.78, 5) is 11.9. The molecule has 0 aliphatic carbocycles. The largest absolute Gasteiger partial charge is 0.370 e. The van der Waals surface area contributed by atoms with Crippen molar-refractivity contribution in [3.63, 3.8) is 0 Å². The minimum atomic E-state index is -0.166. The number of thioether (sulfide) groups is 2. The van der Waals surface area contributed by atoms with Crippen LogP contribution in [0.1, 0.15) is 29.9 Å². The van der Waals surface area contributed by atoms with Crippen LogP contribution in [0.5, 0.6) is 0 Å². The third-order valence-electron chi connectivity index (χ3n) is 4.44. The van der Waals surface area contributed by atoms with Gasteiger partial charge in [-0.2, -0.15) is 0 Å². The molecule has 2 aromatic heterocycles. The van der Waals surface area contributed by atoms with E-state index in [1.54, 1.807) is 40.9 Å². The van der Waals surface area contributed by atoms with Gasteiger partial charge in [-0.25, -0.2) is 9.97 Å². The molecule has 142 valence electrons. The molecule has 3 aromatic rings. The van der Waals surface area contributed by atoms with Gasteiger partial charge in [-0.05, 0) is 43.4 Å². The molecular weight excluding hydrogens is 439 g/mol. The third kappa shape index (κ3) is 4.11. The molecule has 0 amide bonds. The Morgan fingerprint density at radius 2 is 2.07 bits per heavy atom. The van der Waals surface area contributed by atoms with Gasteiger partial charge >= 0.3 is 0 Å². The molecule has 3 nitrogen and oxygen atoms in total. The lowest BCUT2D eigenvalue weighted by atomic mass is 9.95. The summed E-state index contributed by atoms with van der Waals surface area (Å²) < 4.78 is 5.99. The molecule has 4 rings (SSSR count). The fourth-order valence-corrected chi connectivity index (χ4v) is 6.34. The van der Waals surface area contributed by atoms with Crippen LogP contribution < -0.4 is 0 Å². The summed E-state index contributed by atoms with van der Waals surface area (Å²) >= 11 is 17.4. The second-order valence-electron chi connectivity index (χ2n) is 6.95. The molecule has 1 aliphatic heterocycles. The summed E-state index contributed by atoms with van der Waals surface area (Å²) in [5.41, 5.74) is 2.22. The summed E-state index contributed by atoms with van der Waals surface area (Å²) in [5.74, 6) is 0.737. The second-order valence-corrected chi connectivity index (χ2v) is 10.6. The van der Waals surface area contributed by atoms with Crippen LogP contribution in [0, 0.1) is 0 Å². The Morgan fingerprint density at radius 3 is 2.81 bits per heavy atom. The van der Waals surface area contributed by atoms with Gasteiger partial charge in [0.1, 0.15) is 9.86 Å². The van der Waals surface area contributed by atoms with Crippen LogP contribution in [0.2, 0.25) is 10.0 Å². The zero-order chi connectivity index (χ0) is 19.2. The molecule has 0 unspecified atom stereocenters. The van der Waals surface area contributed by atoms with E-state index in [1.807, 2.05) is 18.4 Å². The van der Waals surface area contributed by atoms with Gasteiger partial charge in [0.2, 0.25) is 0 Å². The Morgan fingerprint density at radius 1 is 1.26 bits per heavy atom. The molecule has 27 heavy (non-hydrogen) atoms. The van der Waals surface area contributed by atoms with Crippen molar-refractivity contribution >= 4 is 68.3 Å². The number of thiophene rings is 1. The van der Waals surface area contributed by atoms with Crippen molar-refractivity contribution in [1.82, 2.24) is 9.97 Å². The topological polar surface area (TPSA) is 35.0 Å². The average molecular weight is 457 g/mol. The molecule has 0 N–H and O–H groups in total. The minimum Gasteiger partial charge on any atom is -0.370 e. The first kappa shape index (κ1) is 19.8. The van der Waals surface area contributed by atoms with Gasteiger partial charge in [0.25, 0.3) is 0 Å². The van der Waals surface area contributed by atoms with Crippen molar-refractivity contribution in [2.75, 3.05) is 6.26 Å². The number of hydrogen-bond donors (Lipinski definition) is 0. The van der Waals surface area contributed by atoms with Crippen molar-refractivity contribution in [3.05, 3.63) is 44.2 Å². The lowest BCUT2D eigenvalue weighted by Crippen LogP contribution is -2.31. The predicted molar refractivity (Wildman–Crippen MR) is 118 cm³/mol. The Balaban J connectivity index is 1.75. The number of aromatic nitrogens is 2. The number of rotatable bonds is 4. The molecule has 0 radical (unpaired) electrons. The minimum absolute atomic E-state index is 0.166. The lowest BCUT2D eigenvalue weighted by molar-refractivity contribution is -0.0379. The van der Waals surface area contributed by atoms with E-state index in [1.165, 1.54) is 15.8 Å². The summed E-state index contributed by atoms with van der Waals surface area (Å²) in [5, 5.41) is 4.33. The molecule has 0 fully saturated rings. The molecule has 0 spiro atoms. The first-order chi connectivity index (χ1) is 12.9. The highest BCUT2D eigenvalue weighted by atomic mass is 35.5. The van der Waals surface area contributed by atoms with E-state index in [0.29, 0.717) is 16.7 Å².